The van der Waals surface area contributed by atoms with Crippen molar-refractivity contribution in [2.45, 2.75) is 52.7 Å². The normalized spacial score (nSPS) is 20.4. The lowest BCUT2D eigenvalue weighted by molar-refractivity contribution is -0.139. The zero-order valence-corrected chi connectivity index (χ0v) is 23.5. The summed E-state index contributed by atoms with van der Waals surface area (Å²) in [4.78, 5) is 45.0. The van der Waals surface area contributed by atoms with E-state index in [9.17, 15) is 14.4 Å². The number of urea groups is 2. The Morgan fingerprint density at radius 3 is 2.47 bits per heavy atom. The minimum atomic E-state index is -0.792. The molecule has 2 aliphatic rings. The molecule has 0 radical (unpaired) electrons. The van der Waals surface area contributed by atoms with Gasteiger partial charge in [0.2, 0.25) is 0 Å². The number of hydrogen-bond donors (Lipinski definition) is 2. The maximum Gasteiger partial charge on any atom is 0.338 e. The summed E-state index contributed by atoms with van der Waals surface area (Å²) in [5.41, 5.74) is 1.53. The predicted octanol–water partition coefficient (Wildman–Crippen LogP) is 2.73. The number of rotatable bonds is 9. The van der Waals surface area contributed by atoms with Crippen molar-refractivity contribution in [3.63, 3.8) is 0 Å². The van der Waals surface area contributed by atoms with Crippen molar-refractivity contribution < 1.29 is 28.6 Å². The number of ether oxygens (including phenoxy) is 3. The fourth-order valence-electron chi connectivity index (χ4n) is 4.98. The Hall–Kier alpha value is -3.47. The lowest BCUT2D eigenvalue weighted by Gasteiger charge is -2.43. The summed E-state index contributed by atoms with van der Waals surface area (Å²) < 4.78 is 16.5. The molecule has 0 aliphatic carbocycles. The van der Waals surface area contributed by atoms with Crippen LogP contribution in [0.5, 0.6) is 11.5 Å². The molecular formula is C27H41N5O6. The first kappa shape index (κ1) is 29.1. The summed E-state index contributed by atoms with van der Waals surface area (Å²) in [5, 5.41) is 5.93. The number of nitrogens with zero attached hydrogens (tertiary/aromatic N) is 3. The fraction of sp³-hybridized carbons (Fsp3) is 0.593. The molecule has 2 atom stereocenters. The van der Waals surface area contributed by atoms with Gasteiger partial charge in [-0.1, -0.05) is 0 Å². The zero-order chi connectivity index (χ0) is 28.0. The van der Waals surface area contributed by atoms with Crippen molar-refractivity contribution in [2.24, 2.45) is 0 Å². The molecule has 0 saturated carbocycles. The second-order valence-corrected chi connectivity index (χ2v) is 9.70. The highest BCUT2D eigenvalue weighted by molar-refractivity contribution is 5.95. The Kier molecular flexibility index (Phi) is 9.84. The van der Waals surface area contributed by atoms with E-state index in [1.165, 1.54) is 0 Å². The summed E-state index contributed by atoms with van der Waals surface area (Å²) >= 11 is 0. The average Bonchev–Trinajstić information content (AvgIpc) is 2.87. The molecule has 1 saturated heterocycles. The molecule has 11 nitrogen and oxygen atoms in total. The second-order valence-electron chi connectivity index (χ2n) is 9.70. The maximum atomic E-state index is 13.5. The van der Waals surface area contributed by atoms with Crippen LogP contribution < -0.4 is 20.1 Å². The molecule has 0 spiro atoms. The molecular weight excluding hydrogens is 490 g/mol. The van der Waals surface area contributed by atoms with Gasteiger partial charge < -0.3 is 29.7 Å². The van der Waals surface area contributed by atoms with Crippen molar-refractivity contribution in [1.29, 1.82) is 0 Å². The third kappa shape index (κ3) is 6.32. The maximum absolute atomic E-state index is 13.5. The van der Waals surface area contributed by atoms with Crippen molar-refractivity contribution in [3.8, 4) is 11.5 Å². The van der Waals surface area contributed by atoms with Gasteiger partial charge in [-0.15, -0.1) is 0 Å². The molecule has 0 aromatic heterocycles. The number of likely N-dealkylation sites (N-methyl/N-ethyl adjacent to an activating group) is 1. The molecule has 210 valence electrons. The van der Waals surface area contributed by atoms with Crippen molar-refractivity contribution in [1.82, 2.24) is 25.3 Å². The molecule has 4 amide bonds. The SMILES string of the molecule is CCOC(=O)C1=C(CN2CCN(C(=O)NC(C)C)[C@@H](C)C2)N(CC)C(=O)N[C@@H]1c1cc(OC)ccc1OC. The van der Waals surface area contributed by atoms with Crippen molar-refractivity contribution in [2.75, 3.05) is 53.6 Å². The minimum absolute atomic E-state index is 0.0455. The third-order valence-electron chi connectivity index (χ3n) is 6.76. The number of nitrogens with one attached hydrogen (secondary N) is 2. The Balaban J connectivity index is 2.02. The predicted molar refractivity (Wildman–Crippen MR) is 143 cm³/mol. The summed E-state index contributed by atoms with van der Waals surface area (Å²) in [6.07, 6.45) is 0. The molecule has 0 bridgehead atoms. The molecule has 38 heavy (non-hydrogen) atoms. The van der Waals surface area contributed by atoms with Gasteiger partial charge in [-0.25, -0.2) is 14.4 Å². The van der Waals surface area contributed by atoms with Crippen molar-refractivity contribution in [3.05, 3.63) is 35.0 Å². The van der Waals surface area contributed by atoms with Gasteiger partial charge in [0.1, 0.15) is 11.5 Å². The van der Waals surface area contributed by atoms with Gasteiger partial charge in [0.25, 0.3) is 0 Å². The summed E-state index contributed by atoms with van der Waals surface area (Å²) in [6, 6.07) is 4.08. The molecule has 2 heterocycles. The largest absolute Gasteiger partial charge is 0.497 e. The molecule has 1 aromatic rings. The van der Waals surface area contributed by atoms with Crippen molar-refractivity contribution >= 4 is 18.0 Å². The van der Waals surface area contributed by atoms with Gasteiger partial charge in [0.05, 0.1) is 32.4 Å². The van der Waals surface area contributed by atoms with Crippen LogP contribution in [0.4, 0.5) is 9.59 Å². The number of methoxy groups -OCH3 is 2. The molecule has 0 unspecified atom stereocenters. The quantitative estimate of drug-likeness (QED) is 0.471. The molecule has 1 aromatic carbocycles. The molecule has 1 fully saturated rings. The summed E-state index contributed by atoms with van der Waals surface area (Å²) in [7, 11) is 3.10. The highest BCUT2D eigenvalue weighted by Gasteiger charge is 2.40. The van der Waals surface area contributed by atoms with Crippen LogP contribution in [0.15, 0.2) is 29.5 Å². The van der Waals surface area contributed by atoms with Crippen LogP contribution in [0.1, 0.15) is 46.2 Å². The van der Waals surface area contributed by atoms with E-state index in [2.05, 4.69) is 15.5 Å². The van der Waals surface area contributed by atoms with Gasteiger partial charge >= 0.3 is 18.0 Å². The first-order chi connectivity index (χ1) is 18.1. The van der Waals surface area contributed by atoms with Crippen LogP contribution in [-0.4, -0.2) is 98.4 Å². The highest BCUT2D eigenvalue weighted by atomic mass is 16.5. The van der Waals surface area contributed by atoms with Crippen LogP contribution in [-0.2, 0) is 9.53 Å². The molecule has 3 rings (SSSR count). The number of hydrogen-bond acceptors (Lipinski definition) is 7. The van der Waals surface area contributed by atoms with Crippen LogP contribution >= 0.6 is 0 Å². The number of esters is 1. The summed E-state index contributed by atoms with van der Waals surface area (Å²) in [5.74, 6) is 0.585. The number of carbonyl (C=O) groups is 3. The van der Waals surface area contributed by atoms with E-state index in [-0.39, 0.29) is 30.8 Å². The van der Waals surface area contributed by atoms with Crippen LogP contribution in [0.3, 0.4) is 0 Å². The van der Waals surface area contributed by atoms with Crippen LogP contribution in [0.2, 0.25) is 0 Å². The Morgan fingerprint density at radius 2 is 1.89 bits per heavy atom. The monoisotopic (exact) mass is 531 g/mol. The topological polar surface area (TPSA) is 113 Å². The highest BCUT2D eigenvalue weighted by Crippen LogP contribution is 2.38. The minimum Gasteiger partial charge on any atom is -0.497 e. The number of piperazine rings is 1. The first-order valence-corrected chi connectivity index (χ1v) is 13.1. The summed E-state index contributed by atoms with van der Waals surface area (Å²) in [6.45, 7) is 12.1. The van der Waals surface area contributed by atoms with Gasteiger partial charge in [0.15, 0.2) is 0 Å². The average molecular weight is 532 g/mol. The van der Waals surface area contributed by atoms with Gasteiger partial charge in [-0.3, -0.25) is 9.80 Å². The lowest BCUT2D eigenvalue weighted by Crippen LogP contribution is -2.58. The van der Waals surface area contributed by atoms with E-state index in [0.29, 0.717) is 61.1 Å². The number of carbonyl (C=O) groups excluding carboxylic acids is 3. The van der Waals surface area contributed by atoms with E-state index in [0.717, 1.165) is 0 Å². The fourth-order valence-corrected chi connectivity index (χ4v) is 4.98. The van der Waals surface area contributed by atoms with Gasteiger partial charge in [-0.05, 0) is 52.8 Å². The zero-order valence-electron chi connectivity index (χ0n) is 23.5. The van der Waals surface area contributed by atoms with Crippen LogP contribution in [0, 0.1) is 0 Å². The molecule has 2 N–H and O–H groups in total. The van der Waals surface area contributed by atoms with Gasteiger partial charge in [-0.2, -0.15) is 0 Å². The molecule has 2 aliphatic heterocycles. The van der Waals surface area contributed by atoms with E-state index >= 15 is 0 Å². The Bertz CT molecular complexity index is 1060. The Morgan fingerprint density at radius 1 is 1.16 bits per heavy atom. The number of amides is 4. The van der Waals surface area contributed by atoms with Crippen LogP contribution in [0.25, 0.3) is 0 Å². The van der Waals surface area contributed by atoms with E-state index in [1.807, 2.05) is 32.6 Å². The van der Waals surface area contributed by atoms with E-state index < -0.39 is 12.0 Å². The molecule has 11 heteroatoms. The third-order valence-corrected chi connectivity index (χ3v) is 6.76. The lowest BCUT2D eigenvalue weighted by atomic mass is 9.93. The Labute approximate surface area is 225 Å². The smallest absolute Gasteiger partial charge is 0.338 e. The van der Waals surface area contributed by atoms with Gasteiger partial charge in [0, 0.05) is 56.1 Å². The standard InChI is InChI=1S/C27H41N5O6/c1-8-31-21(16-30-12-13-32(18(5)15-30)26(34)28-17(3)4)23(25(33)38-9-2)24(29-27(31)35)20-14-19(36-6)10-11-22(20)37-7/h10-11,14,17-18,24H,8-9,12-13,15-16H2,1-7H3,(H,28,34)(H,29,35)/t18-,24+/m0/s1. The van der Waals surface area contributed by atoms with E-state index in [4.69, 9.17) is 14.2 Å². The second kappa shape index (κ2) is 12.9. The number of benzene rings is 1. The first-order valence-electron chi connectivity index (χ1n) is 13.1. The van der Waals surface area contributed by atoms with E-state index in [1.54, 1.807) is 44.2 Å².